The molecular formula is C17H8Cl5N. The summed E-state index contributed by atoms with van der Waals surface area (Å²) >= 11 is 31.3. The van der Waals surface area contributed by atoms with Gasteiger partial charge in [-0.2, -0.15) is 0 Å². The van der Waals surface area contributed by atoms with Crippen LogP contribution in [-0.2, 0) is 0 Å². The molecule has 0 saturated carbocycles. The lowest BCUT2D eigenvalue weighted by molar-refractivity contribution is 1.33. The molecule has 1 aromatic heterocycles. The van der Waals surface area contributed by atoms with Crippen LogP contribution in [0.1, 0.15) is 0 Å². The Labute approximate surface area is 158 Å². The molecule has 0 aliphatic carbocycles. The van der Waals surface area contributed by atoms with E-state index in [1.807, 2.05) is 12.1 Å². The number of hydrogen-bond donors (Lipinski definition) is 0. The van der Waals surface area contributed by atoms with Gasteiger partial charge in [0.2, 0.25) is 0 Å². The Morgan fingerprint density at radius 1 is 0.522 bits per heavy atom. The van der Waals surface area contributed by atoms with Crippen molar-refractivity contribution in [3.8, 4) is 22.3 Å². The molecule has 2 aromatic carbocycles. The van der Waals surface area contributed by atoms with Gasteiger partial charge in [-0.1, -0.05) is 82.3 Å². The summed E-state index contributed by atoms with van der Waals surface area (Å²) in [7, 11) is 0. The van der Waals surface area contributed by atoms with Gasteiger partial charge in [0.1, 0.15) is 0 Å². The van der Waals surface area contributed by atoms with Crippen LogP contribution in [0.5, 0.6) is 0 Å². The minimum atomic E-state index is 0.423. The minimum absolute atomic E-state index is 0.423. The van der Waals surface area contributed by atoms with Gasteiger partial charge in [0.15, 0.2) is 0 Å². The fraction of sp³-hybridized carbons (Fsp3) is 0. The van der Waals surface area contributed by atoms with E-state index in [0.29, 0.717) is 47.4 Å². The van der Waals surface area contributed by atoms with Crippen LogP contribution in [0.15, 0.2) is 48.8 Å². The molecule has 3 rings (SSSR count). The number of rotatable bonds is 2. The summed E-state index contributed by atoms with van der Waals surface area (Å²) in [5.41, 5.74) is 2.76. The lowest BCUT2D eigenvalue weighted by atomic mass is 10.0. The molecule has 0 spiro atoms. The molecule has 1 heterocycles. The monoisotopic (exact) mass is 401 g/mol. The van der Waals surface area contributed by atoms with E-state index in [1.54, 1.807) is 36.7 Å². The van der Waals surface area contributed by atoms with E-state index < -0.39 is 0 Å². The largest absolute Gasteiger partial charge is 0.263 e. The summed E-state index contributed by atoms with van der Waals surface area (Å²) in [6, 6.07) is 10.7. The molecule has 0 saturated heterocycles. The molecule has 1 nitrogen and oxygen atoms in total. The average molecular weight is 404 g/mol. The highest BCUT2D eigenvalue weighted by atomic mass is 35.5. The fourth-order valence-electron chi connectivity index (χ4n) is 2.24. The van der Waals surface area contributed by atoms with E-state index in [0.717, 1.165) is 0 Å². The summed E-state index contributed by atoms with van der Waals surface area (Å²) in [4.78, 5) is 4.25. The van der Waals surface area contributed by atoms with Crippen molar-refractivity contribution in [1.82, 2.24) is 4.98 Å². The summed E-state index contributed by atoms with van der Waals surface area (Å²) in [5, 5.41) is 2.23. The topological polar surface area (TPSA) is 12.9 Å². The fourth-order valence-corrected chi connectivity index (χ4v) is 3.35. The Balaban J connectivity index is 2.24. The van der Waals surface area contributed by atoms with Crippen molar-refractivity contribution < 1.29 is 0 Å². The lowest BCUT2D eigenvalue weighted by Gasteiger charge is -2.12. The van der Waals surface area contributed by atoms with Gasteiger partial charge in [0.05, 0.1) is 25.1 Å². The van der Waals surface area contributed by atoms with E-state index in [9.17, 15) is 0 Å². The van der Waals surface area contributed by atoms with Crippen molar-refractivity contribution in [2.75, 3.05) is 0 Å². The number of hydrogen-bond acceptors (Lipinski definition) is 1. The van der Waals surface area contributed by atoms with Crippen LogP contribution >= 0.6 is 58.0 Å². The van der Waals surface area contributed by atoms with Crippen LogP contribution in [0.3, 0.4) is 0 Å². The van der Waals surface area contributed by atoms with Crippen molar-refractivity contribution in [2.45, 2.75) is 0 Å². The number of aromatic nitrogens is 1. The van der Waals surface area contributed by atoms with Crippen molar-refractivity contribution in [1.29, 1.82) is 0 Å². The molecule has 0 aliphatic heterocycles. The van der Waals surface area contributed by atoms with Crippen LogP contribution in [0.2, 0.25) is 25.1 Å². The van der Waals surface area contributed by atoms with Crippen molar-refractivity contribution in [3.63, 3.8) is 0 Å². The van der Waals surface area contributed by atoms with Gasteiger partial charge in [-0.25, -0.2) is 0 Å². The smallest absolute Gasteiger partial charge is 0.0671 e. The molecule has 0 bridgehead atoms. The summed E-state index contributed by atoms with van der Waals surface area (Å²) in [5.74, 6) is 0. The number of pyridine rings is 1. The standard InChI is InChI=1S/C17H8Cl5N/c18-13-5-1-3-9(16(13)21)11-7-23-8-12(15(11)20)10-4-2-6-14(19)17(10)22/h1-8H. The van der Waals surface area contributed by atoms with Gasteiger partial charge < -0.3 is 0 Å². The van der Waals surface area contributed by atoms with Crippen LogP contribution in [-0.4, -0.2) is 4.98 Å². The van der Waals surface area contributed by atoms with Crippen LogP contribution in [0.4, 0.5) is 0 Å². The number of halogens is 5. The van der Waals surface area contributed by atoms with Crippen molar-refractivity contribution in [3.05, 3.63) is 73.9 Å². The highest BCUT2D eigenvalue weighted by molar-refractivity contribution is 6.45. The van der Waals surface area contributed by atoms with E-state index in [1.165, 1.54) is 0 Å². The first kappa shape index (κ1) is 16.9. The molecule has 0 amide bonds. The zero-order valence-electron chi connectivity index (χ0n) is 11.5. The van der Waals surface area contributed by atoms with Gasteiger partial charge in [0.25, 0.3) is 0 Å². The average Bonchev–Trinajstić information content (AvgIpc) is 2.54. The molecule has 0 N–H and O–H groups in total. The molecule has 0 fully saturated rings. The van der Waals surface area contributed by atoms with Crippen molar-refractivity contribution in [2.24, 2.45) is 0 Å². The second-order valence-corrected chi connectivity index (χ2v) is 6.70. The lowest BCUT2D eigenvalue weighted by Crippen LogP contribution is -1.89. The highest BCUT2D eigenvalue weighted by Crippen LogP contribution is 2.42. The molecule has 23 heavy (non-hydrogen) atoms. The highest BCUT2D eigenvalue weighted by Gasteiger charge is 2.16. The first-order chi connectivity index (χ1) is 11.0. The summed E-state index contributed by atoms with van der Waals surface area (Å²) < 4.78 is 0. The number of nitrogens with zero attached hydrogens (tertiary/aromatic N) is 1. The molecule has 116 valence electrons. The van der Waals surface area contributed by atoms with Crippen LogP contribution in [0, 0.1) is 0 Å². The molecule has 3 aromatic rings. The van der Waals surface area contributed by atoms with Gasteiger partial charge in [-0.05, 0) is 12.1 Å². The second kappa shape index (κ2) is 6.88. The summed E-state index contributed by atoms with van der Waals surface area (Å²) in [6.07, 6.45) is 3.28. The van der Waals surface area contributed by atoms with Gasteiger partial charge in [-0.15, -0.1) is 0 Å². The predicted molar refractivity (Wildman–Crippen MR) is 100 cm³/mol. The zero-order valence-corrected chi connectivity index (χ0v) is 15.2. The van der Waals surface area contributed by atoms with Crippen LogP contribution in [0.25, 0.3) is 22.3 Å². The van der Waals surface area contributed by atoms with Crippen LogP contribution < -0.4 is 0 Å². The molecular weight excluding hydrogens is 395 g/mol. The number of benzene rings is 2. The maximum atomic E-state index is 6.58. The maximum absolute atomic E-state index is 6.58. The first-order valence-corrected chi connectivity index (χ1v) is 8.42. The Morgan fingerprint density at radius 3 is 1.39 bits per heavy atom. The zero-order chi connectivity index (χ0) is 16.6. The quantitative estimate of drug-likeness (QED) is 0.427. The third kappa shape index (κ3) is 3.17. The second-order valence-electron chi connectivity index (χ2n) is 4.75. The molecule has 0 radical (unpaired) electrons. The van der Waals surface area contributed by atoms with Gasteiger partial charge in [0, 0.05) is 34.6 Å². The minimum Gasteiger partial charge on any atom is -0.263 e. The first-order valence-electron chi connectivity index (χ1n) is 6.53. The SMILES string of the molecule is Clc1cccc(-c2cncc(-c3cccc(Cl)c3Cl)c2Cl)c1Cl. The predicted octanol–water partition coefficient (Wildman–Crippen LogP) is 7.68. The third-order valence-corrected chi connectivity index (χ3v) is 5.41. The van der Waals surface area contributed by atoms with Crippen molar-refractivity contribution >= 4 is 58.0 Å². The Kier molecular flexibility index (Phi) is 5.05. The van der Waals surface area contributed by atoms with E-state index >= 15 is 0 Å². The molecule has 6 heteroatoms. The third-order valence-electron chi connectivity index (χ3n) is 3.36. The van der Waals surface area contributed by atoms with E-state index in [4.69, 9.17) is 58.0 Å². The Bertz CT molecular complexity index is 822. The van der Waals surface area contributed by atoms with Gasteiger partial charge >= 0.3 is 0 Å². The normalized spacial score (nSPS) is 10.8. The maximum Gasteiger partial charge on any atom is 0.0671 e. The molecule has 0 aliphatic rings. The van der Waals surface area contributed by atoms with E-state index in [-0.39, 0.29) is 0 Å². The Morgan fingerprint density at radius 2 is 0.957 bits per heavy atom. The summed E-state index contributed by atoms with van der Waals surface area (Å²) in [6.45, 7) is 0. The Hall–Kier alpha value is -0.960. The molecule has 0 atom stereocenters. The van der Waals surface area contributed by atoms with E-state index in [2.05, 4.69) is 4.98 Å². The molecule has 0 unspecified atom stereocenters. The van der Waals surface area contributed by atoms with Gasteiger partial charge in [-0.3, -0.25) is 4.98 Å².